The lowest BCUT2D eigenvalue weighted by molar-refractivity contribution is 0.483. The minimum atomic E-state index is -1.58. The number of hydrogen-bond acceptors (Lipinski definition) is 0. The number of hydrogen-bond donors (Lipinski definition) is 0. The summed E-state index contributed by atoms with van der Waals surface area (Å²) in [4.78, 5) is 0. The summed E-state index contributed by atoms with van der Waals surface area (Å²) in [5.74, 6) is 1.72. The first-order valence-electron chi connectivity index (χ1n) is 14.5. The largest absolute Gasteiger partial charge is 0.107 e. The molecule has 2 fully saturated rings. The smallest absolute Gasteiger partial charge is 0.0620 e. The summed E-state index contributed by atoms with van der Waals surface area (Å²) < 4.78 is 0. The van der Waals surface area contributed by atoms with Gasteiger partial charge in [-0.05, 0) is 97.9 Å². The third-order valence-corrected chi connectivity index (χ3v) is 14.7. The maximum Gasteiger partial charge on any atom is 0.107 e. The van der Waals surface area contributed by atoms with Crippen molar-refractivity contribution in [1.29, 1.82) is 0 Å². The summed E-state index contributed by atoms with van der Waals surface area (Å²) in [6.07, 6.45) is 14.4. The highest BCUT2D eigenvalue weighted by molar-refractivity contribution is 7.90. The third kappa shape index (κ3) is 4.91. The SMILES string of the molecule is CC(C)c1cc(C(C)C)c([P+](c2ccccc2)(C2CCCCC2)C2CCCCC2)c(C(C)C)c1. The van der Waals surface area contributed by atoms with Gasteiger partial charge in [0.05, 0.1) is 23.9 Å². The molecule has 186 valence electrons. The van der Waals surface area contributed by atoms with Gasteiger partial charge in [0.25, 0.3) is 0 Å². The van der Waals surface area contributed by atoms with Crippen LogP contribution in [0.2, 0.25) is 0 Å². The fraction of sp³-hybridized carbons (Fsp3) is 0.636. The molecule has 2 aliphatic carbocycles. The highest BCUT2D eigenvalue weighted by Crippen LogP contribution is 2.71. The van der Waals surface area contributed by atoms with Crippen molar-refractivity contribution in [3.63, 3.8) is 0 Å². The van der Waals surface area contributed by atoms with Gasteiger partial charge < -0.3 is 0 Å². The van der Waals surface area contributed by atoms with Crippen LogP contribution < -0.4 is 10.6 Å². The second-order valence-electron chi connectivity index (χ2n) is 12.2. The topological polar surface area (TPSA) is 0 Å². The minimum absolute atomic E-state index is 0.571. The molecule has 0 saturated heterocycles. The van der Waals surface area contributed by atoms with Crippen LogP contribution >= 0.6 is 7.26 Å². The monoisotopic (exact) mass is 477 g/mol. The van der Waals surface area contributed by atoms with E-state index < -0.39 is 7.26 Å². The van der Waals surface area contributed by atoms with Crippen molar-refractivity contribution in [2.24, 2.45) is 0 Å². The molecular weight excluding hydrogens is 427 g/mol. The molecule has 0 aromatic heterocycles. The van der Waals surface area contributed by atoms with E-state index in [9.17, 15) is 0 Å². The van der Waals surface area contributed by atoms with Crippen molar-refractivity contribution < 1.29 is 0 Å². The normalized spacial score (nSPS) is 18.9. The number of rotatable bonds is 7. The molecule has 0 bridgehead atoms. The second-order valence-corrected chi connectivity index (χ2v) is 16.2. The minimum Gasteiger partial charge on any atom is -0.0620 e. The van der Waals surface area contributed by atoms with Crippen molar-refractivity contribution in [3.8, 4) is 0 Å². The van der Waals surface area contributed by atoms with Crippen LogP contribution in [0, 0.1) is 0 Å². The van der Waals surface area contributed by atoms with Crippen molar-refractivity contribution >= 4 is 17.9 Å². The van der Waals surface area contributed by atoms with Gasteiger partial charge in [-0.15, -0.1) is 0 Å². The van der Waals surface area contributed by atoms with Gasteiger partial charge in [0, 0.05) is 0 Å². The first kappa shape index (κ1) is 25.9. The summed E-state index contributed by atoms with van der Waals surface area (Å²) in [5, 5.41) is 3.60. The average Bonchev–Trinajstić information content (AvgIpc) is 2.86. The Morgan fingerprint density at radius 1 is 0.588 bits per heavy atom. The molecule has 0 heterocycles. The van der Waals surface area contributed by atoms with Gasteiger partial charge in [0.15, 0.2) is 0 Å². The highest BCUT2D eigenvalue weighted by Gasteiger charge is 2.57. The van der Waals surface area contributed by atoms with Crippen molar-refractivity contribution in [3.05, 3.63) is 59.2 Å². The van der Waals surface area contributed by atoms with E-state index >= 15 is 0 Å². The van der Waals surface area contributed by atoms with E-state index in [4.69, 9.17) is 0 Å². The zero-order chi connectivity index (χ0) is 24.3. The van der Waals surface area contributed by atoms with Gasteiger partial charge in [-0.2, -0.15) is 0 Å². The van der Waals surface area contributed by atoms with Gasteiger partial charge >= 0.3 is 0 Å². The van der Waals surface area contributed by atoms with Crippen LogP contribution in [0.5, 0.6) is 0 Å². The molecule has 4 rings (SSSR count). The first-order valence-corrected chi connectivity index (χ1v) is 16.4. The van der Waals surface area contributed by atoms with Crippen molar-refractivity contribution in [1.82, 2.24) is 0 Å². The average molecular weight is 478 g/mol. The third-order valence-electron chi connectivity index (χ3n) is 8.96. The summed E-state index contributed by atoms with van der Waals surface area (Å²) >= 11 is 0. The molecule has 34 heavy (non-hydrogen) atoms. The second kappa shape index (κ2) is 11.3. The van der Waals surface area contributed by atoms with Crippen LogP contribution in [0.15, 0.2) is 42.5 Å². The zero-order valence-corrected chi connectivity index (χ0v) is 23.8. The molecule has 1 heteroatoms. The molecule has 0 radical (unpaired) electrons. The number of benzene rings is 2. The molecule has 2 aliphatic rings. The fourth-order valence-electron chi connectivity index (χ4n) is 7.21. The first-order chi connectivity index (χ1) is 16.4. The van der Waals surface area contributed by atoms with E-state index in [0.29, 0.717) is 17.8 Å². The van der Waals surface area contributed by atoms with Crippen LogP contribution in [0.1, 0.15) is 140 Å². The standard InChI is InChI=1S/C33H50P/c1-24(2)27-22-31(25(3)4)33(32(23-27)26(5)6)34(28-16-10-7-11-17-28,29-18-12-8-13-19-29)30-20-14-9-15-21-30/h7,10-11,16-17,22-26,29-30H,8-9,12-15,18-21H2,1-6H3/q+1. The van der Waals surface area contributed by atoms with Gasteiger partial charge in [-0.1, -0.05) is 84.7 Å². The van der Waals surface area contributed by atoms with Gasteiger partial charge in [-0.25, -0.2) is 0 Å². The Labute approximate surface area is 211 Å². The van der Waals surface area contributed by atoms with Crippen LogP contribution in [0.25, 0.3) is 0 Å². The van der Waals surface area contributed by atoms with E-state index in [0.717, 1.165) is 11.3 Å². The van der Waals surface area contributed by atoms with Crippen molar-refractivity contribution in [2.45, 2.75) is 135 Å². The predicted octanol–water partition coefficient (Wildman–Crippen LogP) is 9.69. The summed E-state index contributed by atoms with van der Waals surface area (Å²) in [5.41, 5.74) is 6.68. The Morgan fingerprint density at radius 2 is 1.03 bits per heavy atom. The maximum atomic E-state index is 2.65. The van der Waals surface area contributed by atoms with Gasteiger partial charge in [0.1, 0.15) is 5.30 Å². The lowest BCUT2D eigenvalue weighted by atomic mass is 9.89. The highest BCUT2D eigenvalue weighted by atomic mass is 31.2. The summed E-state index contributed by atoms with van der Waals surface area (Å²) in [6.45, 7) is 14.6. The van der Waals surface area contributed by atoms with E-state index in [1.54, 1.807) is 22.0 Å². The van der Waals surface area contributed by atoms with E-state index in [-0.39, 0.29) is 0 Å². The fourth-order valence-corrected chi connectivity index (χ4v) is 14.2. The molecular formula is C33H50P+. The van der Waals surface area contributed by atoms with Gasteiger partial charge in [0.2, 0.25) is 0 Å². The Balaban J connectivity index is 2.11. The Hall–Kier alpha value is -1.13. The molecule has 0 nitrogen and oxygen atoms in total. The molecule has 2 aromatic carbocycles. The molecule has 2 aromatic rings. The predicted molar refractivity (Wildman–Crippen MR) is 155 cm³/mol. The Morgan fingerprint density at radius 3 is 1.41 bits per heavy atom. The van der Waals surface area contributed by atoms with Crippen LogP contribution in [-0.4, -0.2) is 11.3 Å². The Bertz CT molecular complexity index is 864. The van der Waals surface area contributed by atoms with E-state index in [1.807, 2.05) is 5.30 Å². The molecule has 0 amide bonds. The lowest BCUT2D eigenvalue weighted by Gasteiger charge is -2.45. The van der Waals surface area contributed by atoms with E-state index in [1.165, 1.54) is 64.2 Å². The molecule has 0 N–H and O–H groups in total. The van der Waals surface area contributed by atoms with Gasteiger partial charge in [-0.3, -0.25) is 0 Å². The van der Waals surface area contributed by atoms with Crippen LogP contribution in [0.3, 0.4) is 0 Å². The molecule has 0 spiro atoms. The summed E-state index contributed by atoms with van der Waals surface area (Å²) in [7, 11) is -1.58. The molecule has 0 atom stereocenters. The molecule has 0 aliphatic heterocycles. The van der Waals surface area contributed by atoms with Crippen molar-refractivity contribution in [2.75, 3.05) is 0 Å². The van der Waals surface area contributed by atoms with Crippen LogP contribution in [-0.2, 0) is 0 Å². The maximum absolute atomic E-state index is 2.65. The quantitative estimate of drug-likeness (QED) is 0.348. The molecule has 0 unspecified atom stereocenters. The summed E-state index contributed by atoms with van der Waals surface area (Å²) in [6, 6.07) is 17.4. The Kier molecular flexibility index (Phi) is 8.61. The lowest BCUT2D eigenvalue weighted by Crippen LogP contribution is -2.43. The molecule has 2 saturated carbocycles. The van der Waals surface area contributed by atoms with E-state index in [2.05, 4.69) is 84.0 Å². The van der Waals surface area contributed by atoms with Crippen LogP contribution in [0.4, 0.5) is 0 Å². The zero-order valence-electron chi connectivity index (χ0n) is 22.9.